The quantitative estimate of drug-likeness (QED) is 0.785. The lowest BCUT2D eigenvalue weighted by Crippen LogP contribution is -2.23. The molecule has 0 saturated heterocycles. The molecule has 0 aliphatic carbocycles. The molecule has 0 unspecified atom stereocenters. The Balaban J connectivity index is 2.13. The molecular formula is C17H24N4O. The van der Waals surface area contributed by atoms with Crippen LogP contribution >= 0.6 is 0 Å². The molecule has 0 fully saturated rings. The second-order valence-corrected chi connectivity index (χ2v) is 5.62. The van der Waals surface area contributed by atoms with Gasteiger partial charge in [-0.2, -0.15) is 0 Å². The smallest absolute Gasteiger partial charge is 0.225 e. The number of hydrogen-bond acceptors (Lipinski definition) is 5. The Morgan fingerprint density at radius 1 is 1.05 bits per heavy atom. The summed E-state index contributed by atoms with van der Waals surface area (Å²) in [5, 5.41) is 0. The van der Waals surface area contributed by atoms with E-state index >= 15 is 0 Å². The molecule has 1 heterocycles. The van der Waals surface area contributed by atoms with Crippen LogP contribution in [0, 0.1) is 0 Å². The predicted molar refractivity (Wildman–Crippen MR) is 90.0 cm³/mol. The van der Waals surface area contributed by atoms with Crippen LogP contribution in [-0.2, 0) is 11.3 Å². The first-order valence-electron chi connectivity index (χ1n) is 7.36. The minimum absolute atomic E-state index is 0.661. The maximum absolute atomic E-state index is 5.07. The summed E-state index contributed by atoms with van der Waals surface area (Å²) in [5.41, 5.74) is 3.46. The normalized spacial score (nSPS) is 11.0. The van der Waals surface area contributed by atoms with Crippen LogP contribution in [0.15, 0.2) is 36.7 Å². The second kappa shape index (κ2) is 7.87. The van der Waals surface area contributed by atoms with E-state index in [9.17, 15) is 0 Å². The summed E-state index contributed by atoms with van der Waals surface area (Å²) in [6, 6.07) is 8.49. The fraction of sp³-hybridized carbons (Fsp3) is 0.412. The van der Waals surface area contributed by atoms with Crippen molar-refractivity contribution < 1.29 is 4.74 Å². The molecule has 5 heteroatoms. The van der Waals surface area contributed by atoms with Crippen LogP contribution in [0.3, 0.4) is 0 Å². The minimum atomic E-state index is 0.661. The summed E-state index contributed by atoms with van der Waals surface area (Å²) in [5.74, 6) is 0.713. The number of likely N-dealkylation sites (N-methyl/N-ethyl adjacent to an activating group) is 1. The van der Waals surface area contributed by atoms with Crippen LogP contribution in [0.4, 0.5) is 5.95 Å². The fourth-order valence-corrected chi connectivity index (χ4v) is 2.21. The fourth-order valence-electron chi connectivity index (χ4n) is 2.21. The third kappa shape index (κ3) is 4.51. The third-order valence-electron chi connectivity index (χ3n) is 3.37. The van der Waals surface area contributed by atoms with Crippen molar-refractivity contribution in [3.63, 3.8) is 0 Å². The van der Waals surface area contributed by atoms with Crippen molar-refractivity contribution in [3.8, 4) is 11.1 Å². The topological polar surface area (TPSA) is 41.5 Å². The van der Waals surface area contributed by atoms with Crippen LogP contribution < -0.4 is 4.90 Å². The van der Waals surface area contributed by atoms with E-state index in [0.29, 0.717) is 12.6 Å². The van der Waals surface area contributed by atoms with Gasteiger partial charge in [0.05, 0.1) is 6.61 Å². The van der Waals surface area contributed by atoms with E-state index in [2.05, 4.69) is 53.2 Å². The molecule has 1 aromatic carbocycles. The minimum Gasteiger partial charge on any atom is -0.383 e. The molecule has 2 aromatic rings. The standard InChI is InChI=1S/C17H24N4O/c1-20(2)13-14-6-5-7-15(10-14)16-11-18-17(19-12-16)21(3)8-9-22-4/h5-7,10-12H,8-9,13H2,1-4H3. The Morgan fingerprint density at radius 3 is 2.41 bits per heavy atom. The van der Waals surface area contributed by atoms with Gasteiger partial charge in [-0.05, 0) is 31.3 Å². The summed E-state index contributed by atoms with van der Waals surface area (Å²) < 4.78 is 5.07. The highest BCUT2D eigenvalue weighted by molar-refractivity contribution is 5.62. The Morgan fingerprint density at radius 2 is 1.77 bits per heavy atom. The summed E-state index contributed by atoms with van der Waals surface area (Å²) in [6.45, 7) is 2.36. The van der Waals surface area contributed by atoms with E-state index in [0.717, 1.165) is 24.2 Å². The number of nitrogens with zero attached hydrogens (tertiary/aromatic N) is 4. The van der Waals surface area contributed by atoms with Gasteiger partial charge in [0.2, 0.25) is 5.95 Å². The first-order chi connectivity index (χ1) is 10.6. The maximum Gasteiger partial charge on any atom is 0.225 e. The molecule has 0 aliphatic rings. The van der Waals surface area contributed by atoms with E-state index in [-0.39, 0.29) is 0 Å². The van der Waals surface area contributed by atoms with E-state index in [4.69, 9.17) is 4.74 Å². The van der Waals surface area contributed by atoms with Gasteiger partial charge in [-0.3, -0.25) is 0 Å². The van der Waals surface area contributed by atoms with Gasteiger partial charge in [-0.25, -0.2) is 9.97 Å². The van der Waals surface area contributed by atoms with Crippen molar-refractivity contribution in [1.82, 2.24) is 14.9 Å². The molecule has 0 atom stereocenters. The molecule has 0 N–H and O–H groups in total. The number of ether oxygens (including phenoxy) is 1. The molecule has 118 valence electrons. The van der Waals surface area contributed by atoms with E-state index in [1.807, 2.05) is 24.3 Å². The molecule has 5 nitrogen and oxygen atoms in total. The van der Waals surface area contributed by atoms with Crippen LogP contribution in [0.1, 0.15) is 5.56 Å². The molecule has 2 rings (SSSR count). The zero-order valence-electron chi connectivity index (χ0n) is 13.8. The van der Waals surface area contributed by atoms with Crippen molar-refractivity contribution >= 4 is 5.95 Å². The highest BCUT2D eigenvalue weighted by atomic mass is 16.5. The number of hydrogen-bond donors (Lipinski definition) is 0. The number of benzene rings is 1. The summed E-state index contributed by atoms with van der Waals surface area (Å²) in [7, 11) is 7.80. The van der Waals surface area contributed by atoms with Gasteiger partial charge in [0.15, 0.2) is 0 Å². The molecule has 0 saturated carbocycles. The first-order valence-corrected chi connectivity index (χ1v) is 7.36. The number of aromatic nitrogens is 2. The Labute approximate surface area is 132 Å². The SMILES string of the molecule is COCCN(C)c1ncc(-c2cccc(CN(C)C)c2)cn1. The zero-order chi connectivity index (χ0) is 15.9. The van der Waals surface area contributed by atoms with Gasteiger partial charge in [-0.15, -0.1) is 0 Å². The molecule has 22 heavy (non-hydrogen) atoms. The van der Waals surface area contributed by atoms with E-state index < -0.39 is 0 Å². The number of methoxy groups -OCH3 is 1. The zero-order valence-corrected chi connectivity index (χ0v) is 13.8. The van der Waals surface area contributed by atoms with E-state index in [1.54, 1.807) is 7.11 Å². The Hall–Kier alpha value is -1.98. The summed E-state index contributed by atoms with van der Waals surface area (Å²) in [6.07, 6.45) is 3.75. The average Bonchev–Trinajstić information content (AvgIpc) is 2.52. The molecule has 1 aromatic heterocycles. The molecule has 0 radical (unpaired) electrons. The lowest BCUT2D eigenvalue weighted by molar-refractivity contribution is 0.206. The Kier molecular flexibility index (Phi) is 5.86. The molecule has 0 bridgehead atoms. The van der Waals surface area contributed by atoms with Crippen molar-refractivity contribution in [3.05, 3.63) is 42.2 Å². The highest BCUT2D eigenvalue weighted by Crippen LogP contribution is 2.20. The number of rotatable bonds is 7. The summed E-state index contributed by atoms with van der Waals surface area (Å²) >= 11 is 0. The van der Waals surface area contributed by atoms with Crippen LogP contribution in [0.25, 0.3) is 11.1 Å². The van der Waals surface area contributed by atoms with Crippen molar-refractivity contribution in [2.24, 2.45) is 0 Å². The highest BCUT2D eigenvalue weighted by Gasteiger charge is 2.06. The third-order valence-corrected chi connectivity index (χ3v) is 3.37. The first kappa shape index (κ1) is 16.4. The second-order valence-electron chi connectivity index (χ2n) is 5.62. The monoisotopic (exact) mass is 300 g/mol. The molecule has 0 aliphatic heterocycles. The van der Waals surface area contributed by atoms with Gasteiger partial charge < -0.3 is 14.5 Å². The predicted octanol–water partition coefficient (Wildman–Crippen LogP) is 2.29. The van der Waals surface area contributed by atoms with Gasteiger partial charge in [0, 0.05) is 45.2 Å². The Bertz CT molecular complexity index is 583. The lowest BCUT2D eigenvalue weighted by atomic mass is 10.1. The maximum atomic E-state index is 5.07. The van der Waals surface area contributed by atoms with Crippen LogP contribution in [0.2, 0.25) is 0 Å². The van der Waals surface area contributed by atoms with Gasteiger partial charge in [0.25, 0.3) is 0 Å². The lowest BCUT2D eigenvalue weighted by Gasteiger charge is -2.16. The van der Waals surface area contributed by atoms with E-state index in [1.165, 1.54) is 5.56 Å². The number of anilines is 1. The molecule has 0 amide bonds. The van der Waals surface area contributed by atoms with Crippen LogP contribution in [0.5, 0.6) is 0 Å². The van der Waals surface area contributed by atoms with Gasteiger partial charge in [-0.1, -0.05) is 18.2 Å². The van der Waals surface area contributed by atoms with Crippen LogP contribution in [-0.4, -0.2) is 56.3 Å². The average molecular weight is 300 g/mol. The van der Waals surface area contributed by atoms with Gasteiger partial charge in [0.1, 0.15) is 0 Å². The summed E-state index contributed by atoms with van der Waals surface area (Å²) in [4.78, 5) is 13.0. The molecular weight excluding hydrogens is 276 g/mol. The van der Waals surface area contributed by atoms with Crippen molar-refractivity contribution in [2.75, 3.05) is 46.3 Å². The van der Waals surface area contributed by atoms with Crippen molar-refractivity contribution in [1.29, 1.82) is 0 Å². The van der Waals surface area contributed by atoms with Crippen molar-refractivity contribution in [2.45, 2.75) is 6.54 Å². The largest absolute Gasteiger partial charge is 0.383 e. The molecule has 0 spiro atoms. The van der Waals surface area contributed by atoms with Gasteiger partial charge >= 0.3 is 0 Å².